The highest BCUT2D eigenvalue weighted by Crippen LogP contribution is 2.29. The summed E-state index contributed by atoms with van der Waals surface area (Å²) in [6.45, 7) is 0. The topological polar surface area (TPSA) is 53.1 Å². The van der Waals surface area contributed by atoms with Crippen LogP contribution in [0.25, 0.3) is 10.9 Å². The van der Waals surface area contributed by atoms with E-state index in [0.717, 1.165) is 10.9 Å². The molecule has 1 aromatic heterocycles. The third-order valence-corrected chi connectivity index (χ3v) is 2.92. The molecule has 4 nitrogen and oxygen atoms in total. The van der Waals surface area contributed by atoms with Gasteiger partial charge < -0.3 is 10.5 Å². The Balaban J connectivity index is 1.96. The smallest absolute Gasteiger partial charge is 0.150 e. The van der Waals surface area contributed by atoms with Crippen molar-refractivity contribution in [3.8, 4) is 11.5 Å². The number of nitrogens with zero attached hydrogens (tertiary/aromatic N) is 2. The highest BCUT2D eigenvalue weighted by atomic mass is 19.1. The fraction of sp³-hybridized carbons (Fsp3) is 0.0714. The van der Waals surface area contributed by atoms with Gasteiger partial charge in [-0.05, 0) is 30.3 Å². The van der Waals surface area contributed by atoms with Gasteiger partial charge in [-0.3, -0.25) is 4.68 Å². The lowest BCUT2D eigenvalue weighted by molar-refractivity contribution is 0.484. The molecule has 0 amide bonds. The molecule has 96 valence electrons. The molecule has 0 bridgehead atoms. The first-order valence-electron chi connectivity index (χ1n) is 5.78. The molecule has 0 spiro atoms. The predicted molar refractivity (Wildman–Crippen MR) is 71.6 cm³/mol. The maximum Gasteiger partial charge on any atom is 0.150 e. The Kier molecular flexibility index (Phi) is 2.59. The normalized spacial score (nSPS) is 10.8. The quantitative estimate of drug-likeness (QED) is 0.718. The van der Waals surface area contributed by atoms with Crippen LogP contribution in [0.1, 0.15) is 0 Å². The van der Waals surface area contributed by atoms with Gasteiger partial charge in [0.25, 0.3) is 0 Å². The number of hydrogen-bond donors (Lipinski definition) is 1. The minimum atomic E-state index is -0.382. The minimum absolute atomic E-state index is 0.270. The molecule has 2 N–H and O–H groups in total. The van der Waals surface area contributed by atoms with E-state index in [1.165, 1.54) is 18.2 Å². The second kappa shape index (κ2) is 4.28. The van der Waals surface area contributed by atoms with Crippen molar-refractivity contribution in [3.05, 3.63) is 48.4 Å². The average Bonchev–Trinajstić information content (AvgIpc) is 2.74. The van der Waals surface area contributed by atoms with Crippen molar-refractivity contribution >= 4 is 16.6 Å². The van der Waals surface area contributed by atoms with Crippen LogP contribution >= 0.6 is 0 Å². The first kappa shape index (κ1) is 11.5. The van der Waals surface area contributed by atoms with Crippen LogP contribution in [0.4, 0.5) is 10.1 Å². The lowest BCUT2D eigenvalue weighted by Crippen LogP contribution is -1.93. The first-order chi connectivity index (χ1) is 9.13. The van der Waals surface area contributed by atoms with Crippen LogP contribution in [0.15, 0.2) is 42.6 Å². The van der Waals surface area contributed by atoms with E-state index in [1.807, 2.05) is 25.2 Å². The predicted octanol–water partition coefficient (Wildman–Crippen LogP) is 3.09. The number of anilines is 1. The standard InChI is InChI=1S/C14H12FN3O/c1-18-13-4-3-11(6-9(13)8-17-18)19-14-5-2-10(15)7-12(14)16/h2-8H,16H2,1H3. The van der Waals surface area contributed by atoms with Crippen molar-refractivity contribution in [2.75, 3.05) is 5.73 Å². The molecule has 3 rings (SSSR count). The lowest BCUT2D eigenvalue weighted by atomic mass is 10.2. The van der Waals surface area contributed by atoms with E-state index in [9.17, 15) is 4.39 Å². The van der Waals surface area contributed by atoms with Crippen molar-refractivity contribution in [2.24, 2.45) is 7.05 Å². The van der Waals surface area contributed by atoms with E-state index in [1.54, 1.807) is 10.9 Å². The third kappa shape index (κ3) is 2.10. The summed E-state index contributed by atoms with van der Waals surface area (Å²) in [6, 6.07) is 9.67. The van der Waals surface area contributed by atoms with E-state index < -0.39 is 0 Å². The number of hydrogen-bond acceptors (Lipinski definition) is 3. The summed E-state index contributed by atoms with van der Waals surface area (Å²) < 4.78 is 20.4. The summed E-state index contributed by atoms with van der Waals surface area (Å²) in [5, 5.41) is 5.13. The van der Waals surface area contributed by atoms with Crippen LogP contribution in [-0.4, -0.2) is 9.78 Å². The maximum absolute atomic E-state index is 13.0. The molecule has 0 aliphatic heterocycles. The van der Waals surface area contributed by atoms with Gasteiger partial charge in [-0.25, -0.2) is 4.39 Å². The Bertz CT molecular complexity index is 752. The van der Waals surface area contributed by atoms with E-state index in [0.29, 0.717) is 11.5 Å². The second-order valence-electron chi connectivity index (χ2n) is 4.27. The van der Waals surface area contributed by atoms with Crippen LogP contribution in [0.3, 0.4) is 0 Å². The molecular weight excluding hydrogens is 245 g/mol. The summed E-state index contributed by atoms with van der Waals surface area (Å²) in [6.07, 6.45) is 1.76. The zero-order valence-corrected chi connectivity index (χ0v) is 10.3. The molecule has 0 radical (unpaired) electrons. The molecule has 0 atom stereocenters. The molecule has 0 saturated heterocycles. The number of halogens is 1. The number of ether oxygens (including phenoxy) is 1. The lowest BCUT2D eigenvalue weighted by Gasteiger charge is -2.08. The van der Waals surface area contributed by atoms with Crippen LogP contribution in [0.2, 0.25) is 0 Å². The molecule has 0 fully saturated rings. The van der Waals surface area contributed by atoms with Crippen molar-refractivity contribution < 1.29 is 9.13 Å². The van der Waals surface area contributed by atoms with Crippen LogP contribution in [0, 0.1) is 5.82 Å². The number of fused-ring (bicyclic) bond motifs is 1. The summed E-state index contributed by atoms with van der Waals surface area (Å²) in [5.41, 5.74) is 6.99. The van der Waals surface area contributed by atoms with Crippen molar-refractivity contribution in [1.29, 1.82) is 0 Å². The number of nitrogen functional groups attached to an aromatic ring is 1. The molecule has 0 saturated carbocycles. The molecule has 0 unspecified atom stereocenters. The van der Waals surface area contributed by atoms with Crippen molar-refractivity contribution in [2.45, 2.75) is 0 Å². The Hall–Kier alpha value is -2.56. The number of aryl methyl sites for hydroxylation is 1. The largest absolute Gasteiger partial charge is 0.455 e. The molecule has 0 aliphatic rings. The average molecular weight is 257 g/mol. The van der Waals surface area contributed by atoms with Crippen LogP contribution in [0.5, 0.6) is 11.5 Å². The van der Waals surface area contributed by atoms with Crippen LogP contribution < -0.4 is 10.5 Å². The van der Waals surface area contributed by atoms with Crippen molar-refractivity contribution in [1.82, 2.24) is 9.78 Å². The maximum atomic E-state index is 13.0. The molecular formula is C14H12FN3O. The summed E-state index contributed by atoms with van der Waals surface area (Å²) in [4.78, 5) is 0. The molecule has 19 heavy (non-hydrogen) atoms. The SMILES string of the molecule is Cn1ncc2cc(Oc3ccc(F)cc3N)ccc21. The fourth-order valence-corrected chi connectivity index (χ4v) is 1.94. The Morgan fingerprint density at radius 3 is 2.84 bits per heavy atom. The van der Waals surface area contributed by atoms with Gasteiger partial charge in [0.15, 0.2) is 5.75 Å². The number of rotatable bonds is 2. The molecule has 3 aromatic rings. The highest BCUT2D eigenvalue weighted by Gasteiger charge is 2.06. The third-order valence-electron chi connectivity index (χ3n) is 2.92. The molecule has 0 aliphatic carbocycles. The summed E-state index contributed by atoms with van der Waals surface area (Å²) in [5.74, 6) is 0.691. The Morgan fingerprint density at radius 1 is 1.21 bits per heavy atom. The van der Waals surface area contributed by atoms with Gasteiger partial charge in [-0.2, -0.15) is 5.10 Å². The van der Waals surface area contributed by atoms with Gasteiger partial charge in [0.05, 0.1) is 17.4 Å². The van der Waals surface area contributed by atoms with Gasteiger partial charge in [0.1, 0.15) is 11.6 Å². The fourth-order valence-electron chi connectivity index (χ4n) is 1.94. The Labute approximate surface area is 109 Å². The monoisotopic (exact) mass is 257 g/mol. The van der Waals surface area contributed by atoms with Crippen molar-refractivity contribution in [3.63, 3.8) is 0 Å². The van der Waals surface area contributed by atoms with Gasteiger partial charge in [-0.15, -0.1) is 0 Å². The van der Waals surface area contributed by atoms with E-state index >= 15 is 0 Å². The molecule has 1 heterocycles. The van der Waals surface area contributed by atoms with Crippen LogP contribution in [-0.2, 0) is 7.05 Å². The molecule has 5 heteroatoms. The van der Waals surface area contributed by atoms with E-state index in [-0.39, 0.29) is 11.5 Å². The minimum Gasteiger partial charge on any atom is -0.455 e. The second-order valence-corrected chi connectivity index (χ2v) is 4.27. The van der Waals surface area contributed by atoms with E-state index in [4.69, 9.17) is 10.5 Å². The number of nitrogens with two attached hydrogens (primary N) is 1. The highest BCUT2D eigenvalue weighted by molar-refractivity contribution is 5.80. The number of benzene rings is 2. The van der Waals surface area contributed by atoms with Gasteiger partial charge >= 0.3 is 0 Å². The zero-order valence-electron chi connectivity index (χ0n) is 10.3. The van der Waals surface area contributed by atoms with E-state index in [2.05, 4.69) is 5.10 Å². The van der Waals surface area contributed by atoms with Gasteiger partial charge in [0.2, 0.25) is 0 Å². The summed E-state index contributed by atoms with van der Waals surface area (Å²) >= 11 is 0. The molecule has 2 aromatic carbocycles. The zero-order chi connectivity index (χ0) is 13.4. The first-order valence-corrected chi connectivity index (χ1v) is 5.78. The summed E-state index contributed by atoms with van der Waals surface area (Å²) in [7, 11) is 1.88. The van der Waals surface area contributed by atoms with Gasteiger partial charge in [-0.1, -0.05) is 0 Å². The Morgan fingerprint density at radius 2 is 2.05 bits per heavy atom. The number of aromatic nitrogens is 2. The van der Waals surface area contributed by atoms with Gasteiger partial charge in [0, 0.05) is 18.5 Å².